The number of carbonyl (C=O) groups is 1. The largest absolute Gasteiger partial charge is 0.545 e. The molecule has 0 unspecified atom stereocenters. The van der Waals surface area contributed by atoms with Crippen LogP contribution < -0.4 is 9.67 Å². The van der Waals surface area contributed by atoms with E-state index in [1.807, 2.05) is 12.1 Å². The number of unbranched alkanes of at least 4 members (excludes halogenated alkanes) is 6. The summed E-state index contributed by atoms with van der Waals surface area (Å²) in [5.74, 6) is 0.248. The van der Waals surface area contributed by atoms with Gasteiger partial charge in [0.1, 0.15) is 18.9 Å². The van der Waals surface area contributed by atoms with Crippen molar-refractivity contribution in [1.82, 2.24) is 4.57 Å². The van der Waals surface area contributed by atoms with E-state index in [0.29, 0.717) is 0 Å². The third-order valence-electron chi connectivity index (χ3n) is 5.10. The second-order valence-electron chi connectivity index (χ2n) is 7.39. The summed E-state index contributed by atoms with van der Waals surface area (Å²) >= 11 is 0. The average molecular weight is 371 g/mol. The van der Waals surface area contributed by atoms with Crippen molar-refractivity contribution in [2.24, 2.45) is 0 Å². The van der Waals surface area contributed by atoms with E-state index in [2.05, 4.69) is 35.4 Å². The van der Waals surface area contributed by atoms with Gasteiger partial charge in [0.25, 0.3) is 5.82 Å². The van der Waals surface area contributed by atoms with Crippen molar-refractivity contribution in [3.63, 3.8) is 0 Å². The topological polar surface area (TPSA) is 48.9 Å². The van der Waals surface area contributed by atoms with E-state index in [-0.39, 0.29) is 5.56 Å². The van der Waals surface area contributed by atoms with Crippen LogP contribution in [-0.4, -0.2) is 10.5 Å². The quantitative estimate of drug-likeness (QED) is 0.397. The van der Waals surface area contributed by atoms with Crippen molar-refractivity contribution in [3.8, 4) is 0 Å². The highest BCUT2D eigenvalue weighted by molar-refractivity contribution is 5.85. The molecule has 148 valence electrons. The lowest BCUT2D eigenvalue weighted by Crippen LogP contribution is -2.38. The maximum atomic E-state index is 10.9. The fraction of sp³-hybridized carbons (Fsp3) is 0.565. The molecule has 0 spiro atoms. The first-order valence-electron chi connectivity index (χ1n) is 10.5. The van der Waals surface area contributed by atoms with Crippen LogP contribution in [0.4, 0.5) is 0 Å². The number of aryl methyl sites for hydroxylation is 1. The van der Waals surface area contributed by atoms with E-state index in [4.69, 9.17) is 0 Å². The predicted molar refractivity (Wildman–Crippen MR) is 106 cm³/mol. The number of benzene rings is 1. The molecule has 0 aliphatic heterocycles. The SMILES string of the molecule is CCCCCCCCCc1n(CCC)cc[n+]1Cc1ccc(C(=O)[O-])cc1. The average Bonchev–Trinajstić information content (AvgIpc) is 3.03. The van der Waals surface area contributed by atoms with Crippen LogP contribution in [0, 0.1) is 0 Å². The summed E-state index contributed by atoms with van der Waals surface area (Å²) in [6, 6.07) is 7.02. The molecule has 0 saturated carbocycles. The van der Waals surface area contributed by atoms with Gasteiger partial charge in [-0.15, -0.1) is 0 Å². The molecule has 0 atom stereocenters. The highest BCUT2D eigenvalue weighted by atomic mass is 16.4. The van der Waals surface area contributed by atoms with Gasteiger partial charge in [0.05, 0.1) is 12.5 Å². The summed E-state index contributed by atoms with van der Waals surface area (Å²) in [6.45, 7) is 6.28. The van der Waals surface area contributed by atoms with Crippen LogP contribution in [0.1, 0.15) is 87.0 Å². The zero-order valence-electron chi connectivity index (χ0n) is 17.0. The Kier molecular flexibility index (Phi) is 9.09. The van der Waals surface area contributed by atoms with E-state index < -0.39 is 5.97 Å². The molecular weight excluding hydrogens is 336 g/mol. The Labute approximate surface area is 163 Å². The smallest absolute Gasteiger partial charge is 0.256 e. The van der Waals surface area contributed by atoms with Crippen LogP contribution in [0.25, 0.3) is 0 Å². The fourth-order valence-corrected chi connectivity index (χ4v) is 3.56. The normalized spacial score (nSPS) is 11.0. The molecule has 0 fully saturated rings. The first-order valence-corrected chi connectivity index (χ1v) is 10.5. The highest BCUT2D eigenvalue weighted by Gasteiger charge is 2.16. The Bertz CT molecular complexity index is 689. The van der Waals surface area contributed by atoms with E-state index in [1.54, 1.807) is 12.1 Å². The monoisotopic (exact) mass is 370 g/mol. The van der Waals surface area contributed by atoms with Crippen molar-refractivity contribution in [2.45, 2.75) is 84.7 Å². The summed E-state index contributed by atoms with van der Waals surface area (Å²) in [6.07, 6.45) is 15.8. The molecule has 0 aliphatic carbocycles. The molecule has 1 aromatic heterocycles. The van der Waals surface area contributed by atoms with Crippen LogP contribution >= 0.6 is 0 Å². The van der Waals surface area contributed by atoms with Crippen LogP contribution in [0.5, 0.6) is 0 Å². The predicted octanol–water partition coefficient (Wildman–Crippen LogP) is 3.89. The van der Waals surface area contributed by atoms with Crippen LogP contribution in [0.3, 0.4) is 0 Å². The number of aromatic nitrogens is 2. The van der Waals surface area contributed by atoms with Crippen molar-refractivity contribution < 1.29 is 14.5 Å². The minimum absolute atomic E-state index is 0.232. The van der Waals surface area contributed by atoms with Crippen molar-refractivity contribution in [1.29, 1.82) is 0 Å². The first kappa shape index (κ1) is 21.2. The summed E-state index contributed by atoms with van der Waals surface area (Å²) < 4.78 is 4.67. The van der Waals surface area contributed by atoms with Gasteiger partial charge in [0.2, 0.25) is 0 Å². The molecule has 0 bridgehead atoms. The number of imidazole rings is 1. The Morgan fingerprint density at radius 1 is 0.963 bits per heavy atom. The van der Waals surface area contributed by atoms with E-state index in [9.17, 15) is 9.90 Å². The van der Waals surface area contributed by atoms with Crippen molar-refractivity contribution in [3.05, 3.63) is 53.6 Å². The van der Waals surface area contributed by atoms with Crippen LogP contribution in [0.15, 0.2) is 36.7 Å². The van der Waals surface area contributed by atoms with E-state index in [1.165, 1.54) is 50.8 Å². The maximum Gasteiger partial charge on any atom is 0.256 e. The second-order valence-corrected chi connectivity index (χ2v) is 7.39. The molecule has 2 rings (SSSR count). The molecule has 4 heteroatoms. The first-order chi connectivity index (χ1) is 13.2. The summed E-state index contributed by atoms with van der Waals surface area (Å²) in [5.41, 5.74) is 1.34. The van der Waals surface area contributed by atoms with Gasteiger partial charge in [0.15, 0.2) is 0 Å². The minimum Gasteiger partial charge on any atom is -0.545 e. The molecule has 1 heterocycles. The Balaban J connectivity index is 1.96. The molecular formula is C23H34N2O2. The number of carboxylic acids is 1. The molecule has 1 aromatic carbocycles. The summed E-state index contributed by atoms with van der Waals surface area (Å²) in [4.78, 5) is 10.9. The van der Waals surface area contributed by atoms with Gasteiger partial charge >= 0.3 is 0 Å². The highest BCUT2D eigenvalue weighted by Crippen LogP contribution is 2.11. The molecule has 27 heavy (non-hydrogen) atoms. The molecule has 0 N–H and O–H groups in total. The number of carbonyl (C=O) groups excluding carboxylic acids is 1. The molecule has 0 aliphatic rings. The van der Waals surface area contributed by atoms with Gasteiger partial charge in [-0.25, -0.2) is 9.13 Å². The second kappa shape index (κ2) is 11.6. The molecule has 0 saturated heterocycles. The van der Waals surface area contributed by atoms with Gasteiger partial charge in [-0.3, -0.25) is 0 Å². The number of hydrogen-bond acceptors (Lipinski definition) is 2. The third-order valence-corrected chi connectivity index (χ3v) is 5.10. The Morgan fingerprint density at radius 2 is 1.63 bits per heavy atom. The number of aromatic carboxylic acids is 1. The van der Waals surface area contributed by atoms with Crippen LogP contribution in [-0.2, 0) is 19.5 Å². The Morgan fingerprint density at radius 3 is 2.26 bits per heavy atom. The lowest BCUT2D eigenvalue weighted by molar-refractivity contribution is -0.695. The van der Waals surface area contributed by atoms with Gasteiger partial charge < -0.3 is 9.90 Å². The zero-order chi connectivity index (χ0) is 19.5. The van der Waals surface area contributed by atoms with Gasteiger partial charge in [0, 0.05) is 6.42 Å². The zero-order valence-corrected chi connectivity index (χ0v) is 17.0. The number of hydrogen-bond donors (Lipinski definition) is 0. The Hall–Kier alpha value is -2.10. The summed E-state index contributed by atoms with van der Waals surface area (Å²) in [5, 5.41) is 10.9. The molecule has 4 nitrogen and oxygen atoms in total. The summed E-state index contributed by atoms with van der Waals surface area (Å²) in [7, 11) is 0. The van der Waals surface area contributed by atoms with Crippen molar-refractivity contribution in [2.75, 3.05) is 0 Å². The number of rotatable bonds is 13. The van der Waals surface area contributed by atoms with Crippen molar-refractivity contribution >= 4 is 5.97 Å². The lowest BCUT2D eigenvalue weighted by atomic mass is 10.1. The fourth-order valence-electron chi connectivity index (χ4n) is 3.56. The van der Waals surface area contributed by atoms with Gasteiger partial charge in [-0.2, -0.15) is 0 Å². The van der Waals surface area contributed by atoms with E-state index >= 15 is 0 Å². The minimum atomic E-state index is -1.12. The molecule has 2 aromatic rings. The van der Waals surface area contributed by atoms with Crippen LogP contribution in [0.2, 0.25) is 0 Å². The van der Waals surface area contributed by atoms with E-state index in [0.717, 1.165) is 31.5 Å². The molecule has 0 radical (unpaired) electrons. The third kappa shape index (κ3) is 6.85. The standard InChI is InChI=1S/C23H34N2O2/c1-3-5-6-7-8-9-10-11-22-24(16-4-2)17-18-25(22)19-20-12-14-21(15-13-20)23(26)27/h12-15,17-18H,3-11,16,19H2,1-2H3. The number of nitrogens with zero attached hydrogens (tertiary/aromatic N) is 2. The lowest BCUT2D eigenvalue weighted by Gasteiger charge is -2.07. The number of carboxylic acid groups (broad SMARTS) is 1. The molecule has 0 amide bonds. The van der Waals surface area contributed by atoms with Gasteiger partial charge in [-0.05, 0) is 24.0 Å². The maximum absolute atomic E-state index is 10.9. The van der Waals surface area contributed by atoms with Gasteiger partial charge in [-0.1, -0.05) is 76.6 Å².